The molecule has 3 N–H and O–H groups in total. The van der Waals surface area contributed by atoms with Crippen LogP contribution < -0.4 is 15.5 Å². The summed E-state index contributed by atoms with van der Waals surface area (Å²) in [4.78, 5) is 26.1. The van der Waals surface area contributed by atoms with Gasteiger partial charge in [-0.15, -0.1) is 0 Å². The van der Waals surface area contributed by atoms with Crippen LogP contribution in [-0.2, 0) is 9.59 Å². The first kappa shape index (κ1) is 21.1. The van der Waals surface area contributed by atoms with E-state index in [-0.39, 0.29) is 17.7 Å². The van der Waals surface area contributed by atoms with E-state index in [0.717, 1.165) is 43.7 Å². The van der Waals surface area contributed by atoms with E-state index in [1.807, 2.05) is 42.5 Å². The number of para-hydroxylation sites is 1. The van der Waals surface area contributed by atoms with Crippen molar-refractivity contribution < 1.29 is 14.5 Å². The molecule has 2 aromatic rings. The zero-order chi connectivity index (χ0) is 20.6. The maximum Gasteiger partial charge on any atom is 0.279 e. The molecule has 1 fully saturated rings. The van der Waals surface area contributed by atoms with E-state index in [1.165, 1.54) is 10.5 Å². The highest BCUT2D eigenvalue weighted by molar-refractivity contribution is 5.92. The molecule has 0 aliphatic carbocycles. The number of rotatable bonds is 7. The highest BCUT2D eigenvalue weighted by Gasteiger charge is 2.28. The first-order valence-electron chi connectivity index (χ1n) is 10.6. The second-order valence-corrected chi connectivity index (χ2v) is 8.04. The van der Waals surface area contributed by atoms with E-state index in [9.17, 15) is 9.59 Å². The smallest absolute Gasteiger partial charge is 0.279 e. The maximum absolute atomic E-state index is 12.4. The zero-order valence-corrected chi connectivity index (χ0v) is 17.4. The number of quaternary nitrogens is 1. The second-order valence-electron chi connectivity index (χ2n) is 8.04. The Balaban J connectivity index is 1.42. The average molecular weight is 395 g/mol. The molecule has 0 unspecified atom stereocenters. The van der Waals surface area contributed by atoms with Gasteiger partial charge in [-0.25, -0.2) is 0 Å². The quantitative estimate of drug-likeness (QED) is 0.676. The molecule has 1 saturated heterocycles. The number of hydrogen-bond acceptors (Lipinski definition) is 2. The minimum absolute atomic E-state index is 0.0233. The first-order chi connectivity index (χ1) is 14.0. The molecule has 1 aliphatic heterocycles. The molecule has 0 aromatic heterocycles. The van der Waals surface area contributed by atoms with E-state index in [1.54, 1.807) is 0 Å². The summed E-state index contributed by atoms with van der Waals surface area (Å²) >= 11 is 0. The molecule has 1 aliphatic rings. The predicted octanol–water partition coefficient (Wildman–Crippen LogP) is 3.07. The molecule has 29 heavy (non-hydrogen) atoms. The Morgan fingerprint density at radius 3 is 2.21 bits per heavy atom. The van der Waals surface area contributed by atoms with E-state index >= 15 is 0 Å². The van der Waals surface area contributed by atoms with Crippen LogP contribution in [-0.4, -0.2) is 31.4 Å². The molecule has 2 aromatic carbocycles. The van der Waals surface area contributed by atoms with Gasteiger partial charge in [-0.2, -0.15) is 0 Å². The maximum atomic E-state index is 12.4. The van der Waals surface area contributed by atoms with Gasteiger partial charge >= 0.3 is 0 Å². The topological polar surface area (TPSA) is 62.6 Å². The van der Waals surface area contributed by atoms with Crippen molar-refractivity contribution in [1.29, 1.82) is 0 Å². The lowest BCUT2D eigenvalue weighted by atomic mass is 9.95. The summed E-state index contributed by atoms with van der Waals surface area (Å²) in [5.74, 6) is 0.671. The van der Waals surface area contributed by atoms with Crippen molar-refractivity contribution in [1.82, 2.24) is 0 Å². The number of carbonyl (C=O) groups excluding carboxylic acids is 2. The van der Waals surface area contributed by atoms with Crippen LogP contribution in [0, 0.1) is 5.92 Å². The Labute approximate surface area is 173 Å². The van der Waals surface area contributed by atoms with Crippen LogP contribution in [0.1, 0.15) is 44.6 Å². The van der Waals surface area contributed by atoms with Crippen molar-refractivity contribution >= 4 is 23.2 Å². The number of amides is 2. The fourth-order valence-electron chi connectivity index (χ4n) is 3.79. The molecule has 0 spiro atoms. The summed E-state index contributed by atoms with van der Waals surface area (Å²) in [6, 6.07) is 17.7. The Bertz CT molecular complexity index is 797. The van der Waals surface area contributed by atoms with Gasteiger partial charge in [-0.1, -0.05) is 44.2 Å². The van der Waals surface area contributed by atoms with Gasteiger partial charge in [0.05, 0.1) is 13.1 Å². The number of likely N-dealkylation sites (tertiary alicyclic amines) is 1. The van der Waals surface area contributed by atoms with Crippen LogP contribution in [0.4, 0.5) is 11.4 Å². The summed E-state index contributed by atoms with van der Waals surface area (Å²) in [5, 5.41) is 5.99. The van der Waals surface area contributed by atoms with Crippen LogP contribution in [0.2, 0.25) is 0 Å². The minimum atomic E-state index is 0.0233. The summed E-state index contributed by atoms with van der Waals surface area (Å²) in [7, 11) is 0. The molecule has 1 heterocycles. The largest absolute Gasteiger partial charge is 0.327 e. The third-order valence-corrected chi connectivity index (χ3v) is 5.89. The molecule has 5 heteroatoms. The Morgan fingerprint density at radius 1 is 0.966 bits per heavy atom. The average Bonchev–Trinajstić information content (AvgIpc) is 2.75. The lowest BCUT2D eigenvalue weighted by Gasteiger charge is -2.28. The standard InChI is InChI=1S/C24H31N3O2/c1-3-18(2)19-9-11-22(12-10-19)25-23(28)17-27-15-13-20(14-16-27)24(29)26-21-7-5-4-6-8-21/h4-12,18,20H,3,13-17H2,1-2H3,(H,25,28)(H,26,29)/p+1/t18-/m0/s1. The minimum Gasteiger partial charge on any atom is -0.327 e. The first-order valence-corrected chi connectivity index (χ1v) is 10.6. The third-order valence-electron chi connectivity index (χ3n) is 5.89. The van der Waals surface area contributed by atoms with E-state index in [2.05, 4.69) is 36.6 Å². The lowest BCUT2D eigenvalue weighted by Crippen LogP contribution is -3.14. The second kappa shape index (κ2) is 10.2. The van der Waals surface area contributed by atoms with Gasteiger partial charge < -0.3 is 15.5 Å². The molecular weight excluding hydrogens is 362 g/mol. The Morgan fingerprint density at radius 2 is 1.59 bits per heavy atom. The molecule has 0 radical (unpaired) electrons. The number of nitrogens with one attached hydrogen (secondary N) is 3. The van der Waals surface area contributed by atoms with Crippen LogP contribution in [0.25, 0.3) is 0 Å². The summed E-state index contributed by atoms with van der Waals surface area (Å²) < 4.78 is 0. The Hall–Kier alpha value is -2.66. The van der Waals surface area contributed by atoms with Crippen molar-refractivity contribution in [2.45, 2.75) is 39.0 Å². The van der Waals surface area contributed by atoms with Gasteiger partial charge in [0.2, 0.25) is 5.91 Å². The lowest BCUT2D eigenvalue weighted by molar-refractivity contribution is -0.897. The van der Waals surface area contributed by atoms with Gasteiger partial charge in [-0.3, -0.25) is 9.59 Å². The monoisotopic (exact) mass is 394 g/mol. The molecular formula is C24H32N3O2+. The zero-order valence-electron chi connectivity index (χ0n) is 17.4. The highest BCUT2D eigenvalue weighted by Crippen LogP contribution is 2.20. The predicted molar refractivity (Wildman–Crippen MR) is 117 cm³/mol. The summed E-state index contributed by atoms with van der Waals surface area (Å²) in [6.45, 7) is 6.51. The van der Waals surface area contributed by atoms with Crippen LogP contribution in [0.3, 0.4) is 0 Å². The van der Waals surface area contributed by atoms with E-state index in [0.29, 0.717) is 12.5 Å². The SMILES string of the molecule is CC[C@H](C)c1ccc(NC(=O)C[NH+]2CCC(C(=O)Nc3ccccc3)CC2)cc1. The van der Waals surface area contributed by atoms with Gasteiger partial charge in [0.1, 0.15) is 0 Å². The molecule has 0 saturated carbocycles. The molecule has 1 atom stereocenters. The number of piperidine rings is 1. The number of hydrogen-bond donors (Lipinski definition) is 3. The fourth-order valence-corrected chi connectivity index (χ4v) is 3.79. The third kappa shape index (κ3) is 6.16. The number of benzene rings is 2. The van der Waals surface area contributed by atoms with Gasteiger partial charge in [0.25, 0.3) is 5.91 Å². The van der Waals surface area contributed by atoms with E-state index in [4.69, 9.17) is 0 Å². The molecule has 0 bridgehead atoms. The Kier molecular flexibility index (Phi) is 7.42. The molecule has 154 valence electrons. The van der Waals surface area contributed by atoms with Crippen LogP contribution in [0.5, 0.6) is 0 Å². The normalized spacial score (nSPS) is 19.9. The summed E-state index contributed by atoms with van der Waals surface area (Å²) in [5.41, 5.74) is 2.98. The molecule has 2 amide bonds. The van der Waals surface area contributed by atoms with Gasteiger partial charge in [0.15, 0.2) is 6.54 Å². The van der Waals surface area contributed by atoms with Crippen molar-refractivity contribution in [3.8, 4) is 0 Å². The number of anilines is 2. The van der Waals surface area contributed by atoms with Crippen molar-refractivity contribution in [2.24, 2.45) is 5.92 Å². The molecule has 3 rings (SSSR count). The van der Waals surface area contributed by atoms with Gasteiger partial charge in [0, 0.05) is 30.1 Å². The van der Waals surface area contributed by atoms with Crippen molar-refractivity contribution in [2.75, 3.05) is 30.3 Å². The van der Waals surface area contributed by atoms with Crippen LogP contribution >= 0.6 is 0 Å². The molecule has 5 nitrogen and oxygen atoms in total. The van der Waals surface area contributed by atoms with E-state index < -0.39 is 0 Å². The van der Waals surface area contributed by atoms with Crippen molar-refractivity contribution in [3.05, 3.63) is 60.2 Å². The fraction of sp³-hybridized carbons (Fsp3) is 0.417. The summed E-state index contributed by atoms with van der Waals surface area (Å²) in [6.07, 6.45) is 2.73. The highest BCUT2D eigenvalue weighted by atomic mass is 16.2. The number of carbonyl (C=O) groups is 2. The van der Waals surface area contributed by atoms with Gasteiger partial charge in [-0.05, 0) is 42.2 Å². The van der Waals surface area contributed by atoms with Crippen LogP contribution in [0.15, 0.2) is 54.6 Å². The van der Waals surface area contributed by atoms with Crippen molar-refractivity contribution in [3.63, 3.8) is 0 Å².